The van der Waals surface area contributed by atoms with Crippen molar-refractivity contribution in [2.45, 2.75) is 19.3 Å². The van der Waals surface area contributed by atoms with E-state index in [2.05, 4.69) is 22.4 Å². The lowest BCUT2D eigenvalue weighted by atomic mass is 9.95. The first-order valence-electron chi connectivity index (χ1n) is 7.05. The van der Waals surface area contributed by atoms with Gasteiger partial charge in [-0.2, -0.15) is 0 Å². The van der Waals surface area contributed by atoms with E-state index >= 15 is 0 Å². The molecule has 0 aliphatic carbocycles. The lowest BCUT2D eigenvalue weighted by Gasteiger charge is -2.17. The number of aromatic nitrogens is 1. The Morgan fingerprint density at radius 3 is 2.71 bits per heavy atom. The van der Waals surface area contributed by atoms with Gasteiger partial charge in [0.15, 0.2) is 0 Å². The average molecular weight is 325 g/mol. The van der Waals surface area contributed by atoms with Crippen LogP contribution in [-0.4, -0.2) is 31.8 Å². The lowest BCUT2D eigenvalue weighted by Crippen LogP contribution is -2.26. The van der Waals surface area contributed by atoms with Crippen LogP contribution in [0.15, 0.2) is 30.5 Å². The number of thiazole rings is 1. The Kier molecular flexibility index (Phi) is 6.64. The van der Waals surface area contributed by atoms with Gasteiger partial charge in [-0.05, 0) is 31.0 Å². The molecule has 0 aliphatic rings. The summed E-state index contributed by atoms with van der Waals surface area (Å²) in [6.45, 7) is 4.56. The minimum absolute atomic E-state index is 0.416. The van der Waals surface area contributed by atoms with E-state index in [1.54, 1.807) is 18.4 Å². The predicted octanol–water partition coefficient (Wildman–Crippen LogP) is 3.67. The fourth-order valence-electron chi connectivity index (χ4n) is 2.24. The largest absolute Gasteiger partial charge is 0.383 e. The third kappa shape index (κ3) is 5.40. The second-order valence-corrected chi connectivity index (χ2v) is 6.75. The van der Waals surface area contributed by atoms with Gasteiger partial charge in [0, 0.05) is 42.2 Å². The number of aryl methyl sites for hydroxylation is 1. The highest BCUT2D eigenvalue weighted by molar-refractivity contribution is 7.11. The molecule has 0 radical (unpaired) electrons. The molecular weight excluding hydrogens is 304 g/mol. The van der Waals surface area contributed by atoms with Crippen LogP contribution >= 0.6 is 22.9 Å². The Balaban J connectivity index is 2.04. The summed E-state index contributed by atoms with van der Waals surface area (Å²) < 4.78 is 5.08. The quantitative estimate of drug-likeness (QED) is 0.752. The third-order valence-corrected chi connectivity index (χ3v) is 4.52. The third-order valence-electron chi connectivity index (χ3n) is 3.33. The summed E-state index contributed by atoms with van der Waals surface area (Å²) in [6.07, 6.45) is 2.98. The number of halogens is 1. The molecule has 5 heteroatoms. The summed E-state index contributed by atoms with van der Waals surface area (Å²) in [4.78, 5) is 5.66. The first-order valence-corrected chi connectivity index (χ1v) is 8.25. The van der Waals surface area contributed by atoms with Crippen LogP contribution in [-0.2, 0) is 11.2 Å². The van der Waals surface area contributed by atoms with Crippen LogP contribution < -0.4 is 5.32 Å². The predicted molar refractivity (Wildman–Crippen MR) is 89.5 cm³/mol. The molecule has 2 aromatic rings. The van der Waals surface area contributed by atoms with Crippen molar-refractivity contribution in [2.24, 2.45) is 0 Å². The van der Waals surface area contributed by atoms with Crippen LogP contribution in [0, 0.1) is 6.92 Å². The summed E-state index contributed by atoms with van der Waals surface area (Å²) in [5, 5.41) is 5.35. The van der Waals surface area contributed by atoms with Crippen LogP contribution in [0.1, 0.15) is 21.4 Å². The molecule has 1 heterocycles. The van der Waals surface area contributed by atoms with E-state index in [4.69, 9.17) is 16.3 Å². The Morgan fingerprint density at radius 2 is 2.10 bits per heavy atom. The highest BCUT2D eigenvalue weighted by Crippen LogP contribution is 2.24. The number of ether oxygens (including phenoxy) is 1. The molecule has 1 aromatic heterocycles. The summed E-state index contributed by atoms with van der Waals surface area (Å²) >= 11 is 7.75. The van der Waals surface area contributed by atoms with Gasteiger partial charge >= 0.3 is 0 Å². The molecule has 1 aromatic carbocycles. The van der Waals surface area contributed by atoms with Crippen LogP contribution in [0.3, 0.4) is 0 Å². The van der Waals surface area contributed by atoms with Gasteiger partial charge in [0.2, 0.25) is 0 Å². The summed E-state index contributed by atoms with van der Waals surface area (Å²) in [7, 11) is 1.72. The van der Waals surface area contributed by atoms with Gasteiger partial charge in [0.05, 0.1) is 11.6 Å². The second kappa shape index (κ2) is 8.49. The van der Waals surface area contributed by atoms with Gasteiger partial charge < -0.3 is 10.1 Å². The molecule has 0 saturated heterocycles. The molecule has 21 heavy (non-hydrogen) atoms. The van der Waals surface area contributed by atoms with E-state index < -0.39 is 0 Å². The van der Waals surface area contributed by atoms with Gasteiger partial charge in [-0.3, -0.25) is 0 Å². The van der Waals surface area contributed by atoms with Crippen molar-refractivity contribution in [2.75, 3.05) is 26.8 Å². The van der Waals surface area contributed by atoms with Gasteiger partial charge in [-0.1, -0.05) is 23.7 Å². The fourth-order valence-corrected chi connectivity index (χ4v) is 3.24. The molecule has 1 N–H and O–H groups in total. The zero-order valence-electron chi connectivity index (χ0n) is 12.4. The fraction of sp³-hybridized carbons (Fsp3) is 0.438. The molecule has 1 atom stereocenters. The molecule has 0 spiro atoms. The summed E-state index contributed by atoms with van der Waals surface area (Å²) in [5.41, 5.74) is 1.30. The number of nitrogens with one attached hydrogen (secondary N) is 1. The van der Waals surface area contributed by atoms with E-state index in [1.165, 1.54) is 10.4 Å². The number of hydrogen-bond acceptors (Lipinski definition) is 4. The maximum atomic E-state index is 5.99. The molecule has 0 fully saturated rings. The lowest BCUT2D eigenvalue weighted by molar-refractivity contribution is 0.199. The van der Waals surface area contributed by atoms with Crippen molar-refractivity contribution in [3.63, 3.8) is 0 Å². The standard InChI is InChI=1S/C16H21ClN2OS/c1-12-19-11-16(21-12)9-14(10-18-7-8-20-2)13-3-5-15(17)6-4-13/h3-6,11,14,18H,7-10H2,1-2H3. The van der Waals surface area contributed by atoms with Gasteiger partial charge in [0.25, 0.3) is 0 Å². The SMILES string of the molecule is COCCNCC(Cc1cnc(C)s1)c1ccc(Cl)cc1. The molecule has 0 aliphatic heterocycles. The Labute approximate surface area is 135 Å². The summed E-state index contributed by atoms with van der Waals surface area (Å²) in [5.74, 6) is 0.416. The normalized spacial score (nSPS) is 12.5. The van der Waals surface area contributed by atoms with Gasteiger partial charge in [-0.25, -0.2) is 4.98 Å². The van der Waals surface area contributed by atoms with Crippen LogP contribution in [0.4, 0.5) is 0 Å². The van der Waals surface area contributed by atoms with Crippen molar-refractivity contribution in [1.29, 1.82) is 0 Å². The number of rotatable bonds is 8. The first kappa shape index (κ1) is 16.4. The topological polar surface area (TPSA) is 34.1 Å². The maximum Gasteiger partial charge on any atom is 0.0896 e. The molecular formula is C16H21ClN2OS. The van der Waals surface area contributed by atoms with Gasteiger partial charge in [-0.15, -0.1) is 11.3 Å². The van der Waals surface area contributed by atoms with E-state index in [-0.39, 0.29) is 0 Å². The van der Waals surface area contributed by atoms with Crippen molar-refractivity contribution >= 4 is 22.9 Å². The first-order chi connectivity index (χ1) is 10.2. The van der Waals surface area contributed by atoms with E-state index in [1.807, 2.05) is 25.3 Å². The van der Waals surface area contributed by atoms with Gasteiger partial charge in [0.1, 0.15) is 0 Å². The molecule has 0 bridgehead atoms. The molecule has 3 nitrogen and oxygen atoms in total. The van der Waals surface area contributed by atoms with Crippen LogP contribution in [0.25, 0.3) is 0 Å². The zero-order valence-corrected chi connectivity index (χ0v) is 14.0. The highest BCUT2D eigenvalue weighted by Gasteiger charge is 2.13. The summed E-state index contributed by atoms with van der Waals surface area (Å²) in [6, 6.07) is 8.13. The Bertz CT molecular complexity index is 541. The zero-order chi connectivity index (χ0) is 15.1. The second-order valence-electron chi connectivity index (χ2n) is 5.00. The highest BCUT2D eigenvalue weighted by atomic mass is 35.5. The maximum absolute atomic E-state index is 5.99. The van der Waals surface area contributed by atoms with Crippen molar-refractivity contribution in [3.05, 3.63) is 50.9 Å². The monoisotopic (exact) mass is 324 g/mol. The minimum Gasteiger partial charge on any atom is -0.383 e. The van der Waals surface area contributed by atoms with Crippen molar-refractivity contribution < 1.29 is 4.74 Å². The molecule has 114 valence electrons. The number of nitrogens with zero attached hydrogens (tertiary/aromatic N) is 1. The molecule has 2 rings (SSSR count). The number of methoxy groups -OCH3 is 1. The van der Waals surface area contributed by atoms with Crippen LogP contribution in [0.5, 0.6) is 0 Å². The Hall–Kier alpha value is -0.940. The number of hydrogen-bond donors (Lipinski definition) is 1. The molecule has 0 amide bonds. The van der Waals surface area contributed by atoms with Crippen LogP contribution in [0.2, 0.25) is 5.02 Å². The smallest absolute Gasteiger partial charge is 0.0896 e. The van der Waals surface area contributed by atoms with Crippen molar-refractivity contribution in [1.82, 2.24) is 10.3 Å². The minimum atomic E-state index is 0.416. The molecule has 0 saturated carbocycles. The Morgan fingerprint density at radius 1 is 1.33 bits per heavy atom. The van der Waals surface area contributed by atoms with E-state index in [9.17, 15) is 0 Å². The van der Waals surface area contributed by atoms with E-state index in [0.29, 0.717) is 5.92 Å². The average Bonchev–Trinajstić information content (AvgIpc) is 2.88. The molecule has 1 unspecified atom stereocenters. The van der Waals surface area contributed by atoms with Crippen molar-refractivity contribution in [3.8, 4) is 0 Å². The number of benzene rings is 1. The van der Waals surface area contributed by atoms with E-state index in [0.717, 1.165) is 36.1 Å².